The number of benzene rings is 1. The minimum Gasteiger partial charge on any atom is -0.357 e. The van der Waals surface area contributed by atoms with E-state index in [9.17, 15) is 9.59 Å². The summed E-state index contributed by atoms with van der Waals surface area (Å²) in [6.45, 7) is 4.10. The van der Waals surface area contributed by atoms with Crippen LogP contribution < -0.4 is 10.6 Å². The molecule has 2 N–H and O–H groups in total. The molecule has 0 spiro atoms. The molecule has 0 bridgehead atoms. The van der Waals surface area contributed by atoms with Crippen molar-refractivity contribution in [3.63, 3.8) is 0 Å². The first-order valence-corrected chi connectivity index (χ1v) is 12.0. The molecule has 2 amide bonds. The largest absolute Gasteiger partial charge is 0.357 e. The monoisotopic (exact) mass is 464 g/mol. The SMILES string of the molecule is O=C(CN1CCN(C(=O)c2csc(NCc3ccccc3)n2)CC1)NCCc1ccccn1. The molecule has 0 atom stereocenters. The molecule has 0 unspecified atom stereocenters. The third kappa shape index (κ3) is 6.84. The van der Waals surface area contributed by atoms with Crippen LogP contribution in [0.25, 0.3) is 0 Å². The molecule has 33 heavy (non-hydrogen) atoms. The number of hydrogen-bond donors (Lipinski definition) is 2. The third-order valence-corrected chi connectivity index (χ3v) is 6.27. The predicted molar refractivity (Wildman–Crippen MR) is 129 cm³/mol. The van der Waals surface area contributed by atoms with E-state index in [1.807, 2.05) is 53.4 Å². The summed E-state index contributed by atoms with van der Waals surface area (Å²) in [4.78, 5) is 37.7. The number of hydrogen-bond acceptors (Lipinski definition) is 7. The van der Waals surface area contributed by atoms with Gasteiger partial charge >= 0.3 is 0 Å². The zero-order chi connectivity index (χ0) is 22.9. The first-order chi connectivity index (χ1) is 16.2. The van der Waals surface area contributed by atoms with E-state index in [1.54, 1.807) is 11.6 Å². The van der Waals surface area contributed by atoms with Gasteiger partial charge < -0.3 is 15.5 Å². The van der Waals surface area contributed by atoms with Crippen molar-refractivity contribution < 1.29 is 9.59 Å². The van der Waals surface area contributed by atoms with Gasteiger partial charge in [-0.1, -0.05) is 36.4 Å². The molecule has 1 fully saturated rings. The number of carbonyl (C=O) groups is 2. The number of pyridine rings is 1. The lowest BCUT2D eigenvalue weighted by Crippen LogP contribution is -2.51. The Bertz CT molecular complexity index is 1040. The Labute approximate surface area is 197 Å². The van der Waals surface area contributed by atoms with E-state index in [0.717, 1.165) is 16.4 Å². The summed E-state index contributed by atoms with van der Waals surface area (Å²) in [6.07, 6.45) is 2.47. The van der Waals surface area contributed by atoms with Gasteiger partial charge in [0.15, 0.2) is 5.13 Å². The molecule has 3 heterocycles. The number of nitrogens with zero attached hydrogens (tertiary/aromatic N) is 4. The summed E-state index contributed by atoms with van der Waals surface area (Å²) in [6, 6.07) is 15.9. The topological polar surface area (TPSA) is 90.5 Å². The molecule has 4 rings (SSSR count). The molecule has 0 saturated carbocycles. The highest BCUT2D eigenvalue weighted by Crippen LogP contribution is 2.18. The second-order valence-corrected chi connectivity index (χ2v) is 8.72. The van der Waals surface area contributed by atoms with Crippen molar-refractivity contribution in [3.05, 3.63) is 77.1 Å². The van der Waals surface area contributed by atoms with Crippen LogP contribution >= 0.6 is 11.3 Å². The van der Waals surface area contributed by atoms with Gasteiger partial charge in [0.2, 0.25) is 5.91 Å². The van der Waals surface area contributed by atoms with Gasteiger partial charge in [0.1, 0.15) is 5.69 Å². The Kier molecular flexibility index (Phi) is 7.99. The van der Waals surface area contributed by atoms with Crippen LogP contribution in [-0.4, -0.2) is 70.9 Å². The molecular weight excluding hydrogens is 436 g/mol. The third-order valence-electron chi connectivity index (χ3n) is 5.47. The number of piperazine rings is 1. The summed E-state index contributed by atoms with van der Waals surface area (Å²) in [5, 5.41) is 8.76. The predicted octanol–water partition coefficient (Wildman–Crippen LogP) is 2.27. The van der Waals surface area contributed by atoms with E-state index in [1.165, 1.54) is 11.3 Å². The molecule has 172 valence electrons. The first kappa shape index (κ1) is 22.9. The van der Waals surface area contributed by atoms with Crippen LogP contribution in [0.2, 0.25) is 0 Å². The highest BCUT2D eigenvalue weighted by Gasteiger charge is 2.24. The number of amides is 2. The Morgan fingerprint density at radius 1 is 1.00 bits per heavy atom. The van der Waals surface area contributed by atoms with Gasteiger partial charge in [-0.05, 0) is 17.7 Å². The lowest BCUT2D eigenvalue weighted by molar-refractivity contribution is -0.122. The van der Waals surface area contributed by atoms with Crippen LogP contribution in [0.4, 0.5) is 5.13 Å². The van der Waals surface area contributed by atoms with E-state index in [2.05, 4.69) is 25.5 Å². The second kappa shape index (κ2) is 11.5. The Morgan fingerprint density at radius 3 is 2.55 bits per heavy atom. The Hall–Kier alpha value is -3.30. The van der Waals surface area contributed by atoms with Crippen LogP contribution in [0, 0.1) is 0 Å². The van der Waals surface area contributed by atoms with Gasteiger partial charge in [-0.25, -0.2) is 4.98 Å². The maximum atomic E-state index is 12.8. The van der Waals surface area contributed by atoms with Crippen molar-refractivity contribution in [2.75, 3.05) is 44.6 Å². The van der Waals surface area contributed by atoms with Crippen molar-refractivity contribution in [2.45, 2.75) is 13.0 Å². The van der Waals surface area contributed by atoms with Crippen molar-refractivity contribution in [1.82, 2.24) is 25.1 Å². The van der Waals surface area contributed by atoms with E-state index >= 15 is 0 Å². The van der Waals surface area contributed by atoms with Crippen LogP contribution in [0.1, 0.15) is 21.7 Å². The lowest BCUT2D eigenvalue weighted by Gasteiger charge is -2.33. The van der Waals surface area contributed by atoms with E-state index in [-0.39, 0.29) is 11.8 Å². The summed E-state index contributed by atoms with van der Waals surface area (Å²) < 4.78 is 0. The number of rotatable bonds is 9. The molecule has 3 aromatic rings. The number of nitrogens with one attached hydrogen (secondary N) is 2. The molecule has 0 aliphatic carbocycles. The fourth-order valence-corrected chi connectivity index (χ4v) is 4.32. The number of anilines is 1. The molecule has 1 aliphatic rings. The van der Waals surface area contributed by atoms with Crippen LogP contribution in [0.3, 0.4) is 0 Å². The van der Waals surface area contributed by atoms with Gasteiger partial charge in [0, 0.05) is 63.0 Å². The van der Waals surface area contributed by atoms with Crippen molar-refractivity contribution in [2.24, 2.45) is 0 Å². The molecule has 1 saturated heterocycles. The highest BCUT2D eigenvalue weighted by atomic mass is 32.1. The maximum absolute atomic E-state index is 12.8. The van der Waals surface area contributed by atoms with E-state index in [0.29, 0.717) is 57.9 Å². The van der Waals surface area contributed by atoms with Gasteiger partial charge in [0.25, 0.3) is 5.91 Å². The molecule has 0 radical (unpaired) electrons. The standard InChI is InChI=1S/C24H28N6O2S/c31-22(26-11-9-20-8-4-5-10-25-20)17-29-12-14-30(15-13-29)23(32)21-18-33-24(28-21)27-16-19-6-2-1-3-7-19/h1-8,10,18H,9,11-17H2,(H,26,31)(H,27,28). The first-order valence-electron chi connectivity index (χ1n) is 11.1. The van der Waals surface area contributed by atoms with Gasteiger partial charge in [0.05, 0.1) is 6.54 Å². The molecule has 9 heteroatoms. The fourth-order valence-electron chi connectivity index (χ4n) is 3.63. The van der Waals surface area contributed by atoms with Gasteiger partial charge in [-0.3, -0.25) is 19.5 Å². The summed E-state index contributed by atoms with van der Waals surface area (Å²) in [5.41, 5.74) is 2.60. The fraction of sp³-hybridized carbons (Fsp3) is 0.333. The van der Waals surface area contributed by atoms with Crippen LogP contribution in [-0.2, 0) is 17.8 Å². The zero-order valence-corrected chi connectivity index (χ0v) is 19.3. The minimum atomic E-state index is -0.0570. The highest BCUT2D eigenvalue weighted by molar-refractivity contribution is 7.13. The normalized spacial score (nSPS) is 14.1. The minimum absolute atomic E-state index is 0.000610. The maximum Gasteiger partial charge on any atom is 0.273 e. The number of aromatic nitrogens is 2. The molecular formula is C24H28N6O2S. The Morgan fingerprint density at radius 2 is 1.79 bits per heavy atom. The van der Waals surface area contributed by atoms with E-state index in [4.69, 9.17) is 0 Å². The van der Waals surface area contributed by atoms with Crippen molar-refractivity contribution in [3.8, 4) is 0 Å². The van der Waals surface area contributed by atoms with Gasteiger partial charge in [-0.15, -0.1) is 11.3 Å². The van der Waals surface area contributed by atoms with Crippen molar-refractivity contribution in [1.29, 1.82) is 0 Å². The average Bonchev–Trinajstić information content (AvgIpc) is 3.33. The summed E-state index contributed by atoms with van der Waals surface area (Å²) in [5.74, 6) is -0.0576. The smallest absolute Gasteiger partial charge is 0.273 e. The second-order valence-electron chi connectivity index (χ2n) is 7.87. The van der Waals surface area contributed by atoms with Crippen LogP contribution in [0.5, 0.6) is 0 Å². The van der Waals surface area contributed by atoms with E-state index < -0.39 is 0 Å². The molecule has 1 aromatic carbocycles. The molecule has 2 aromatic heterocycles. The number of thiazole rings is 1. The molecule has 1 aliphatic heterocycles. The van der Waals surface area contributed by atoms with Crippen LogP contribution in [0.15, 0.2) is 60.1 Å². The molecule has 8 nitrogen and oxygen atoms in total. The summed E-state index contributed by atoms with van der Waals surface area (Å²) >= 11 is 1.44. The quantitative estimate of drug-likeness (QED) is 0.505. The lowest BCUT2D eigenvalue weighted by atomic mass is 10.2. The van der Waals surface area contributed by atoms with Crippen molar-refractivity contribution >= 4 is 28.3 Å². The van der Waals surface area contributed by atoms with Gasteiger partial charge in [-0.2, -0.15) is 0 Å². The zero-order valence-electron chi connectivity index (χ0n) is 18.4. The average molecular weight is 465 g/mol. The Balaban J connectivity index is 1.17. The number of carbonyl (C=O) groups excluding carboxylic acids is 2. The summed E-state index contributed by atoms with van der Waals surface area (Å²) in [7, 11) is 0.